The highest BCUT2D eigenvalue weighted by atomic mass is 16.5. The molecule has 0 spiro atoms. The van der Waals surface area contributed by atoms with Gasteiger partial charge in [-0.1, -0.05) is 0 Å². The van der Waals surface area contributed by atoms with Crippen LogP contribution in [0.1, 0.15) is 19.8 Å². The van der Waals surface area contributed by atoms with Gasteiger partial charge in [-0.15, -0.1) is 0 Å². The molecule has 2 rings (SSSR count). The summed E-state index contributed by atoms with van der Waals surface area (Å²) in [5, 5.41) is 2.77. The van der Waals surface area contributed by atoms with Gasteiger partial charge in [-0.25, -0.2) is 0 Å². The topological polar surface area (TPSA) is 41.6 Å². The largest absolute Gasteiger partial charge is 0.381 e. The highest BCUT2D eigenvalue weighted by molar-refractivity contribution is 5.88. The van der Waals surface area contributed by atoms with Crippen LogP contribution in [-0.2, 0) is 9.53 Å². The second-order valence-corrected chi connectivity index (χ2v) is 4.65. The van der Waals surface area contributed by atoms with Gasteiger partial charge >= 0.3 is 0 Å². The van der Waals surface area contributed by atoms with Gasteiger partial charge < -0.3 is 15.0 Å². The molecule has 1 heterocycles. The number of carbonyl (C=O) groups excluding carboxylic acids is 1. The number of amides is 1. The van der Waals surface area contributed by atoms with Crippen LogP contribution in [0.3, 0.4) is 0 Å². The molecular formula is C14H20N2O2. The van der Waals surface area contributed by atoms with Gasteiger partial charge in [0.2, 0.25) is 5.91 Å². The molecule has 1 N–H and O–H groups in total. The monoisotopic (exact) mass is 248 g/mol. The fraction of sp³-hybridized carbons (Fsp3) is 0.500. The first-order chi connectivity index (χ1) is 8.69. The van der Waals surface area contributed by atoms with Crippen molar-refractivity contribution in [3.05, 3.63) is 24.3 Å². The van der Waals surface area contributed by atoms with E-state index in [0.717, 1.165) is 31.6 Å². The molecule has 0 radical (unpaired) electrons. The molecule has 98 valence electrons. The van der Waals surface area contributed by atoms with Gasteiger partial charge in [0.25, 0.3) is 0 Å². The Morgan fingerprint density at radius 3 is 2.39 bits per heavy atom. The zero-order valence-electron chi connectivity index (χ0n) is 11.0. The molecule has 1 saturated heterocycles. The van der Waals surface area contributed by atoms with Crippen LogP contribution in [0, 0.1) is 0 Å². The molecule has 4 nitrogen and oxygen atoms in total. The van der Waals surface area contributed by atoms with E-state index in [2.05, 4.69) is 22.3 Å². The summed E-state index contributed by atoms with van der Waals surface area (Å²) in [6, 6.07) is 8.00. The lowest BCUT2D eigenvalue weighted by atomic mass is 10.1. The Labute approximate surface area is 108 Å². The molecular weight excluding hydrogens is 228 g/mol. The van der Waals surface area contributed by atoms with Crippen molar-refractivity contribution in [2.75, 3.05) is 30.4 Å². The maximum Gasteiger partial charge on any atom is 0.221 e. The minimum absolute atomic E-state index is 0.0383. The van der Waals surface area contributed by atoms with Crippen LogP contribution in [0.4, 0.5) is 11.4 Å². The molecule has 1 aromatic carbocycles. The second kappa shape index (κ2) is 5.87. The van der Waals surface area contributed by atoms with Crippen molar-refractivity contribution in [2.45, 2.75) is 25.9 Å². The Kier molecular flexibility index (Phi) is 4.20. The van der Waals surface area contributed by atoms with E-state index in [1.54, 1.807) is 7.11 Å². The fourth-order valence-corrected chi connectivity index (χ4v) is 2.31. The first-order valence-corrected chi connectivity index (χ1v) is 6.34. The number of anilines is 2. The van der Waals surface area contributed by atoms with Gasteiger partial charge in [0.1, 0.15) is 0 Å². The number of nitrogens with one attached hydrogen (secondary N) is 1. The van der Waals surface area contributed by atoms with Crippen LogP contribution in [0.15, 0.2) is 24.3 Å². The summed E-state index contributed by atoms with van der Waals surface area (Å²) < 4.78 is 5.36. The minimum Gasteiger partial charge on any atom is -0.381 e. The third-order valence-electron chi connectivity index (χ3n) is 3.33. The normalized spacial score (nSPS) is 16.7. The second-order valence-electron chi connectivity index (χ2n) is 4.65. The predicted molar refractivity (Wildman–Crippen MR) is 73.0 cm³/mol. The highest BCUT2D eigenvalue weighted by Gasteiger charge is 2.18. The molecule has 1 fully saturated rings. The third-order valence-corrected chi connectivity index (χ3v) is 3.33. The van der Waals surface area contributed by atoms with Crippen LogP contribution < -0.4 is 10.2 Å². The van der Waals surface area contributed by atoms with E-state index in [4.69, 9.17) is 4.74 Å². The number of nitrogens with zero attached hydrogens (tertiary/aromatic N) is 1. The zero-order chi connectivity index (χ0) is 13.0. The lowest BCUT2D eigenvalue weighted by Crippen LogP contribution is -2.36. The van der Waals surface area contributed by atoms with Crippen molar-refractivity contribution >= 4 is 17.3 Å². The lowest BCUT2D eigenvalue weighted by molar-refractivity contribution is -0.114. The average molecular weight is 248 g/mol. The summed E-state index contributed by atoms with van der Waals surface area (Å²) in [4.78, 5) is 13.3. The molecule has 1 aromatic rings. The Balaban J connectivity index is 1.95. The van der Waals surface area contributed by atoms with E-state index in [1.165, 1.54) is 12.6 Å². The molecule has 1 amide bonds. The number of carbonyl (C=O) groups is 1. The molecule has 1 aliphatic heterocycles. The molecule has 1 aliphatic rings. The smallest absolute Gasteiger partial charge is 0.221 e. The summed E-state index contributed by atoms with van der Waals surface area (Å²) in [5.41, 5.74) is 2.05. The summed E-state index contributed by atoms with van der Waals surface area (Å²) in [7, 11) is 1.78. The van der Waals surface area contributed by atoms with Crippen LogP contribution in [0.5, 0.6) is 0 Å². The van der Waals surface area contributed by atoms with E-state index in [1.807, 2.05) is 12.1 Å². The molecule has 0 bridgehead atoms. The van der Waals surface area contributed by atoms with Gasteiger partial charge in [0.05, 0.1) is 6.10 Å². The first kappa shape index (κ1) is 12.9. The Bertz CT molecular complexity index is 395. The maximum atomic E-state index is 10.9. The van der Waals surface area contributed by atoms with Crippen LogP contribution in [-0.4, -0.2) is 32.2 Å². The third kappa shape index (κ3) is 3.23. The number of rotatable bonds is 3. The highest BCUT2D eigenvalue weighted by Crippen LogP contribution is 2.22. The quantitative estimate of drug-likeness (QED) is 0.892. The van der Waals surface area contributed by atoms with Crippen molar-refractivity contribution in [1.29, 1.82) is 0 Å². The Hall–Kier alpha value is -1.55. The molecule has 0 saturated carbocycles. The molecule has 0 atom stereocenters. The van der Waals surface area contributed by atoms with Crippen LogP contribution in [0.25, 0.3) is 0 Å². The predicted octanol–water partition coefficient (Wildman–Crippen LogP) is 2.26. The zero-order valence-corrected chi connectivity index (χ0v) is 11.0. The van der Waals surface area contributed by atoms with Crippen molar-refractivity contribution < 1.29 is 9.53 Å². The summed E-state index contributed by atoms with van der Waals surface area (Å²) in [6.45, 7) is 3.57. The average Bonchev–Trinajstić information content (AvgIpc) is 2.39. The van der Waals surface area contributed by atoms with Gasteiger partial charge in [-0.3, -0.25) is 4.79 Å². The summed E-state index contributed by atoms with van der Waals surface area (Å²) in [6.07, 6.45) is 2.55. The number of methoxy groups -OCH3 is 1. The number of ether oxygens (including phenoxy) is 1. The number of hydrogen-bond donors (Lipinski definition) is 1. The standard InChI is InChI=1S/C14H20N2O2/c1-11(17)15-12-3-5-13(6-4-12)16-9-7-14(18-2)8-10-16/h3-6,14H,7-10H2,1-2H3,(H,15,17). The maximum absolute atomic E-state index is 10.9. The molecule has 0 aliphatic carbocycles. The first-order valence-electron chi connectivity index (χ1n) is 6.34. The van der Waals surface area contributed by atoms with Crippen molar-refractivity contribution in [2.24, 2.45) is 0 Å². The van der Waals surface area contributed by atoms with E-state index < -0.39 is 0 Å². The van der Waals surface area contributed by atoms with Crippen molar-refractivity contribution in [3.63, 3.8) is 0 Å². The number of benzene rings is 1. The van der Waals surface area contributed by atoms with Gasteiger partial charge in [-0.05, 0) is 37.1 Å². The summed E-state index contributed by atoms with van der Waals surface area (Å²) in [5.74, 6) is -0.0383. The van der Waals surface area contributed by atoms with Gasteiger partial charge in [0.15, 0.2) is 0 Å². The number of hydrogen-bond acceptors (Lipinski definition) is 3. The van der Waals surface area contributed by atoms with Crippen LogP contribution >= 0.6 is 0 Å². The van der Waals surface area contributed by atoms with Gasteiger partial charge in [-0.2, -0.15) is 0 Å². The Morgan fingerprint density at radius 1 is 1.28 bits per heavy atom. The molecule has 18 heavy (non-hydrogen) atoms. The fourth-order valence-electron chi connectivity index (χ4n) is 2.31. The lowest BCUT2D eigenvalue weighted by Gasteiger charge is -2.33. The number of piperidine rings is 1. The molecule has 0 aromatic heterocycles. The minimum atomic E-state index is -0.0383. The van der Waals surface area contributed by atoms with Crippen LogP contribution in [0.2, 0.25) is 0 Å². The van der Waals surface area contributed by atoms with E-state index >= 15 is 0 Å². The summed E-state index contributed by atoms with van der Waals surface area (Å²) >= 11 is 0. The van der Waals surface area contributed by atoms with Crippen molar-refractivity contribution in [3.8, 4) is 0 Å². The SMILES string of the molecule is COC1CCN(c2ccc(NC(C)=O)cc2)CC1. The van der Waals surface area contributed by atoms with E-state index in [0.29, 0.717) is 6.10 Å². The van der Waals surface area contributed by atoms with E-state index in [-0.39, 0.29) is 5.91 Å². The van der Waals surface area contributed by atoms with Crippen molar-refractivity contribution in [1.82, 2.24) is 0 Å². The molecule has 0 unspecified atom stereocenters. The van der Waals surface area contributed by atoms with E-state index in [9.17, 15) is 4.79 Å². The van der Waals surface area contributed by atoms with Gasteiger partial charge in [0, 0.05) is 38.5 Å². The Morgan fingerprint density at radius 2 is 1.89 bits per heavy atom. The molecule has 4 heteroatoms.